The Morgan fingerprint density at radius 3 is 2.62 bits per heavy atom. The van der Waals surface area contributed by atoms with Crippen LogP contribution in [0.2, 0.25) is 0 Å². The fourth-order valence-corrected chi connectivity index (χ4v) is 2.58. The van der Waals surface area contributed by atoms with Crippen molar-refractivity contribution in [3.63, 3.8) is 0 Å². The Bertz CT molecular complexity index is 442. The van der Waals surface area contributed by atoms with Gasteiger partial charge in [-0.1, -0.05) is 26.0 Å². The fourth-order valence-electron chi connectivity index (χ4n) is 2.58. The van der Waals surface area contributed by atoms with Crippen LogP contribution in [0.15, 0.2) is 24.3 Å². The number of carbonyl (C=O) groups is 1. The summed E-state index contributed by atoms with van der Waals surface area (Å²) in [5.41, 5.74) is 0.710. The average Bonchev–Trinajstić information content (AvgIpc) is 2.49. The number of halogens is 1. The van der Waals surface area contributed by atoms with Gasteiger partial charge in [-0.15, -0.1) is 12.4 Å². The predicted molar refractivity (Wildman–Crippen MR) is 88.6 cm³/mol. The Labute approximate surface area is 134 Å². The summed E-state index contributed by atoms with van der Waals surface area (Å²) in [5, 5.41) is 0. The van der Waals surface area contributed by atoms with E-state index >= 15 is 0 Å². The highest BCUT2D eigenvalue weighted by Crippen LogP contribution is 2.20. The minimum Gasteiger partial charge on any atom is -0.491 e. The number of hydrogen-bond donors (Lipinski definition) is 0. The van der Waals surface area contributed by atoms with E-state index in [0.29, 0.717) is 18.6 Å². The predicted octanol–water partition coefficient (Wildman–Crippen LogP) is 3.81. The van der Waals surface area contributed by atoms with Gasteiger partial charge in [0, 0.05) is 13.0 Å². The molecule has 21 heavy (non-hydrogen) atoms. The van der Waals surface area contributed by atoms with Gasteiger partial charge in [-0.05, 0) is 44.0 Å². The molecule has 4 heteroatoms. The third-order valence-electron chi connectivity index (χ3n) is 4.05. The van der Waals surface area contributed by atoms with Crippen molar-refractivity contribution in [2.75, 3.05) is 26.2 Å². The van der Waals surface area contributed by atoms with Gasteiger partial charge in [0.15, 0.2) is 5.78 Å². The molecular weight excluding hydrogens is 286 g/mol. The number of piperidine rings is 1. The molecule has 0 radical (unpaired) electrons. The van der Waals surface area contributed by atoms with E-state index in [-0.39, 0.29) is 18.2 Å². The second-order valence-electron chi connectivity index (χ2n) is 5.65. The number of benzene rings is 1. The Morgan fingerprint density at radius 1 is 1.29 bits per heavy atom. The van der Waals surface area contributed by atoms with Crippen LogP contribution in [-0.4, -0.2) is 36.9 Å². The lowest BCUT2D eigenvalue weighted by atomic mass is 9.99. The van der Waals surface area contributed by atoms with Crippen LogP contribution in [0.25, 0.3) is 0 Å². The highest BCUT2D eigenvalue weighted by molar-refractivity contribution is 5.98. The molecule has 0 atom stereocenters. The smallest absolute Gasteiger partial charge is 0.166 e. The van der Waals surface area contributed by atoms with Crippen LogP contribution in [0, 0.1) is 5.92 Å². The molecule has 1 aromatic rings. The van der Waals surface area contributed by atoms with Gasteiger partial charge >= 0.3 is 0 Å². The number of para-hydroxylation sites is 1. The van der Waals surface area contributed by atoms with Gasteiger partial charge in [0.25, 0.3) is 0 Å². The maximum Gasteiger partial charge on any atom is 0.166 e. The molecule has 1 aliphatic heterocycles. The van der Waals surface area contributed by atoms with E-state index in [0.717, 1.165) is 18.2 Å². The zero-order chi connectivity index (χ0) is 14.4. The number of carbonyl (C=O) groups excluding carboxylic acids is 1. The normalized spacial score (nSPS) is 16.3. The van der Waals surface area contributed by atoms with Crippen molar-refractivity contribution >= 4 is 18.2 Å². The second kappa shape index (κ2) is 9.06. The summed E-state index contributed by atoms with van der Waals surface area (Å²) in [5.74, 6) is 1.73. The van der Waals surface area contributed by atoms with Crippen LogP contribution in [0.3, 0.4) is 0 Å². The number of Topliss-reactive ketones (excluding diaryl/α,β-unsaturated/α-hetero) is 1. The molecule has 2 rings (SSSR count). The lowest BCUT2D eigenvalue weighted by Crippen LogP contribution is -2.35. The Kier molecular flexibility index (Phi) is 7.76. The monoisotopic (exact) mass is 311 g/mol. The van der Waals surface area contributed by atoms with Gasteiger partial charge in [-0.2, -0.15) is 0 Å². The van der Waals surface area contributed by atoms with E-state index in [4.69, 9.17) is 4.74 Å². The summed E-state index contributed by atoms with van der Waals surface area (Å²) in [6.45, 7) is 8.14. The van der Waals surface area contributed by atoms with E-state index in [1.807, 2.05) is 31.2 Å². The lowest BCUT2D eigenvalue weighted by molar-refractivity contribution is 0.0982. The molecule has 1 saturated heterocycles. The third kappa shape index (κ3) is 5.33. The Balaban J connectivity index is 0.00000220. The summed E-state index contributed by atoms with van der Waals surface area (Å²) in [6.07, 6.45) is 3.08. The molecule has 0 saturated carbocycles. The average molecular weight is 312 g/mol. The topological polar surface area (TPSA) is 29.5 Å². The fraction of sp³-hybridized carbons (Fsp3) is 0.588. The molecule has 0 spiro atoms. The van der Waals surface area contributed by atoms with Crippen LogP contribution in [0.5, 0.6) is 5.75 Å². The molecular formula is C17H26ClNO2. The molecule has 0 bridgehead atoms. The summed E-state index contributed by atoms with van der Waals surface area (Å²) in [6, 6.07) is 7.55. The molecule has 1 aliphatic rings. The minimum atomic E-state index is 0. The van der Waals surface area contributed by atoms with E-state index in [1.54, 1.807) is 0 Å². The first-order valence-corrected chi connectivity index (χ1v) is 7.68. The molecule has 118 valence electrons. The first kappa shape index (κ1) is 18.0. The van der Waals surface area contributed by atoms with Crippen molar-refractivity contribution in [1.82, 2.24) is 4.90 Å². The molecule has 3 nitrogen and oxygen atoms in total. The van der Waals surface area contributed by atoms with Gasteiger partial charge in [0.1, 0.15) is 12.4 Å². The lowest BCUT2D eigenvalue weighted by Gasteiger charge is -2.30. The number of ketones is 1. The summed E-state index contributed by atoms with van der Waals surface area (Å²) < 4.78 is 5.83. The van der Waals surface area contributed by atoms with Crippen molar-refractivity contribution in [1.29, 1.82) is 0 Å². The second-order valence-corrected chi connectivity index (χ2v) is 5.65. The Morgan fingerprint density at radius 2 is 1.95 bits per heavy atom. The highest BCUT2D eigenvalue weighted by atomic mass is 35.5. The number of ether oxygens (including phenoxy) is 1. The van der Waals surface area contributed by atoms with Crippen molar-refractivity contribution in [2.24, 2.45) is 5.92 Å². The molecule has 1 aromatic carbocycles. The first-order valence-electron chi connectivity index (χ1n) is 7.68. The number of hydrogen-bond acceptors (Lipinski definition) is 3. The van der Waals surface area contributed by atoms with Gasteiger partial charge in [0.2, 0.25) is 0 Å². The van der Waals surface area contributed by atoms with Gasteiger partial charge in [-0.25, -0.2) is 0 Å². The van der Waals surface area contributed by atoms with E-state index in [1.165, 1.54) is 25.9 Å². The van der Waals surface area contributed by atoms with E-state index in [9.17, 15) is 4.79 Å². The van der Waals surface area contributed by atoms with E-state index < -0.39 is 0 Å². The molecule has 0 aliphatic carbocycles. The van der Waals surface area contributed by atoms with Crippen LogP contribution in [-0.2, 0) is 0 Å². The van der Waals surface area contributed by atoms with Crippen LogP contribution < -0.4 is 4.74 Å². The van der Waals surface area contributed by atoms with Crippen molar-refractivity contribution < 1.29 is 9.53 Å². The van der Waals surface area contributed by atoms with Crippen LogP contribution in [0.1, 0.15) is 43.5 Å². The van der Waals surface area contributed by atoms with Crippen LogP contribution >= 0.6 is 12.4 Å². The zero-order valence-electron chi connectivity index (χ0n) is 13.0. The molecule has 0 unspecified atom stereocenters. The Hall–Kier alpha value is -1.06. The zero-order valence-corrected chi connectivity index (χ0v) is 13.8. The van der Waals surface area contributed by atoms with E-state index in [2.05, 4.69) is 11.8 Å². The van der Waals surface area contributed by atoms with Crippen molar-refractivity contribution in [2.45, 2.75) is 33.1 Å². The molecule has 0 amide bonds. The minimum absolute atomic E-state index is 0. The molecule has 1 fully saturated rings. The maximum absolute atomic E-state index is 11.8. The van der Waals surface area contributed by atoms with Crippen molar-refractivity contribution in [3.8, 4) is 5.75 Å². The maximum atomic E-state index is 11.8. The number of likely N-dealkylation sites (tertiary alicyclic amines) is 1. The molecule has 1 heterocycles. The third-order valence-corrected chi connectivity index (χ3v) is 4.05. The number of rotatable bonds is 6. The SMILES string of the molecule is CCC(=O)c1ccccc1OCCN1CCC(C)CC1.Cl. The molecule has 0 N–H and O–H groups in total. The van der Waals surface area contributed by atoms with Gasteiger partial charge in [0.05, 0.1) is 5.56 Å². The highest BCUT2D eigenvalue weighted by Gasteiger charge is 2.15. The first-order chi connectivity index (χ1) is 9.70. The van der Waals surface area contributed by atoms with Crippen molar-refractivity contribution in [3.05, 3.63) is 29.8 Å². The summed E-state index contributed by atoms with van der Waals surface area (Å²) in [7, 11) is 0. The standard InChI is InChI=1S/C17H25NO2.ClH/c1-3-16(19)15-6-4-5-7-17(15)20-13-12-18-10-8-14(2)9-11-18;/h4-7,14H,3,8-13H2,1-2H3;1H. The largest absolute Gasteiger partial charge is 0.491 e. The quantitative estimate of drug-likeness (QED) is 0.748. The summed E-state index contributed by atoms with van der Waals surface area (Å²) in [4.78, 5) is 14.3. The number of nitrogens with zero attached hydrogens (tertiary/aromatic N) is 1. The van der Waals surface area contributed by atoms with Gasteiger partial charge in [-0.3, -0.25) is 9.69 Å². The summed E-state index contributed by atoms with van der Waals surface area (Å²) >= 11 is 0. The molecule has 0 aromatic heterocycles. The van der Waals surface area contributed by atoms with Gasteiger partial charge < -0.3 is 4.74 Å². The van der Waals surface area contributed by atoms with Crippen LogP contribution in [0.4, 0.5) is 0 Å².